The molecule has 178 valence electrons. The SMILES string of the molecule is COc1ccc(OC2CCN(C3CCCC3)CC2)c(C(=O)NCCCN2CCOCC2)c1. The molecule has 7 nitrogen and oxygen atoms in total. The number of benzene rings is 1. The van der Waals surface area contributed by atoms with E-state index >= 15 is 0 Å². The number of nitrogens with zero attached hydrogens (tertiary/aromatic N) is 2. The number of amides is 1. The molecule has 2 saturated heterocycles. The maximum Gasteiger partial charge on any atom is 0.255 e. The summed E-state index contributed by atoms with van der Waals surface area (Å²) in [6, 6.07) is 6.32. The molecular weight excluding hydrogens is 406 g/mol. The Balaban J connectivity index is 1.29. The molecule has 7 heteroatoms. The van der Waals surface area contributed by atoms with Crippen molar-refractivity contribution >= 4 is 5.91 Å². The minimum atomic E-state index is -0.0933. The fraction of sp³-hybridized carbons (Fsp3) is 0.720. The van der Waals surface area contributed by atoms with E-state index in [2.05, 4.69) is 15.1 Å². The average Bonchev–Trinajstić information content (AvgIpc) is 3.38. The molecule has 0 spiro atoms. The summed E-state index contributed by atoms with van der Waals surface area (Å²) in [6.45, 7) is 7.36. The zero-order valence-corrected chi connectivity index (χ0v) is 19.5. The summed E-state index contributed by atoms with van der Waals surface area (Å²) in [5, 5.41) is 3.07. The lowest BCUT2D eigenvalue weighted by Crippen LogP contribution is -2.43. The van der Waals surface area contributed by atoms with Crippen molar-refractivity contribution < 1.29 is 19.0 Å². The Morgan fingerprint density at radius 2 is 1.84 bits per heavy atom. The van der Waals surface area contributed by atoms with Crippen LogP contribution in [0, 0.1) is 0 Å². The van der Waals surface area contributed by atoms with E-state index in [0.717, 1.165) is 71.2 Å². The lowest BCUT2D eigenvalue weighted by atomic mass is 10.0. The fourth-order valence-corrected chi connectivity index (χ4v) is 5.15. The van der Waals surface area contributed by atoms with Crippen LogP contribution in [0.25, 0.3) is 0 Å². The molecule has 32 heavy (non-hydrogen) atoms. The van der Waals surface area contributed by atoms with Crippen LogP contribution in [0.3, 0.4) is 0 Å². The Morgan fingerprint density at radius 1 is 1.09 bits per heavy atom. The van der Waals surface area contributed by atoms with Crippen molar-refractivity contribution in [1.82, 2.24) is 15.1 Å². The van der Waals surface area contributed by atoms with Crippen LogP contribution in [0.4, 0.5) is 0 Å². The Bertz CT molecular complexity index is 724. The van der Waals surface area contributed by atoms with Crippen molar-refractivity contribution in [3.05, 3.63) is 23.8 Å². The summed E-state index contributed by atoms with van der Waals surface area (Å²) in [6.07, 6.45) is 8.56. The number of hydrogen-bond acceptors (Lipinski definition) is 6. The highest BCUT2D eigenvalue weighted by Gasteiger charge is 2.28. The lowest BCUT2D eigenvalue weighted by molar-refractivity contribution is 0.0374. The van der Waals surface area contributed by atoms with Crippen LogP contribution in [0.15, 0.2) is 18.2 Å². The fourth-order valence-electron chi connectivity index (χ4n) is 5.15. The third-order valence-electron chi connectivity index (χ3n) is 7.08. The number of methoxy groups -OCH3 is 1. The zero-order chi connectivity index (χ0) is 22.2. The van der Waals surface area contributed by atoms with Gasteiger partial charge in [-0.25, -0.2) is 0 Å². The molecule has 1 aromatic carbocycles. The second kappa shape index (κ2) is 11.9. The summed E-state index contributed by atoms with van der Waals surface area (Å²) in [5.74, 6) is 1.24. The van der Waals surface area contributed by atoms with Crippen LogP contribution < -0.4 is 14.8 Å². The molecule has 0 bridgehead atoms. The highest BCUT2D eigenvalue weighted by Crippen LogP contribution is 2.30. The van der Waals surface area contributed by atoms with Crippen molar-refractivity contribution in [2.24, 2.45) is 0 Å². The first-order chi connectivity index (χ1) is 15.7. The molecule has 1 saturated carbocycles. The number of rotatable bonds is 9. The first kappa shape index (κ1) is 23.3. The molecule has 2 aliphatic heterocycles. The smallest absolute Gasteiger partial charge is 0.255 e. The van der Waals surface area contributed by atoms with Gasteiger partial charge in [-0.1, -0.05) is 12.8 Å². The molecule has 4 rings (SSSR count). The van der Waals surface area contributed by atoms with E-state index in [4.69, 9.17) is 14.2 Å². The molecule has 0 aromatic heterocycles. The highest BCUT2D eigenvalue weighted by atomic mass is 16.5. The van der Waals surface area contributed by atoms with Gasteiger partial charge in [-0.15, -0.1) is 0 Å². The van der Waals surface area contributed by atoms with E-state index in [0.29, 0.717) is 23.6 Å². The van der Waals surface area contributed by atoms with Crippen LogP contribution in [-0.2, 0) is 4.74 Å². The van der Waals surface area contributed by atoms with Crippen LogP contribution in [0.5, 0.6) is 11.5 Å². The Hall–Kier alpha value is -1.83. The maximum absolute atomic E-state index is 13.0. The summed E-state index contributed by atoms with van der Waals surface area (Å²) in [5.41, 5.74) is 0.564. The van der Waals surface area contributed by atoms with E-state index in [1.54, 1.807) is 13.2 Å². The van der Waals surface area contributed by atoms with E-state index in [1.165, 1.54) is 25.7 Å². The summed E-state index contributed by atoms with van der Waals surface area (Å²) < 4.78 is 17.1. The number of likely N-dealkylation sites (tertiary alicyclic amines) is 1. The second-order valence-corrected chi connectivity index (χ2v) is 9.22. The van der Waals surface area contributed by atoms with Crippen molar-refractivity contribution in [1.29, 1.82) is 0 Å². The summed E-state index contributed by atoms with van der Waals surface area (Å²) >= 11 is 0. The van der Waals surface area contributed by atoms with Crippen molar-refractivity contribution in [3.63, 3.8) is 0 Å². The number of carbonyl (C=O) groups excluding carboxylic acids is 1. The van der Waals surface area contributed by atoms with Gasteiger partial charge in [0.05, 0.1) is 25.9 Å². The third-order valence-corrected chi connectivity index (χ3v) is 7.08. The first-order valence-corrected chi connectivity index (χ1v) is 12.4. The van der Waals surface area contributed by atoms with Gasteiger partial charge in [-0.05, 0) is 56.8 Å². The molecule has 1 N–H and O–H groups in total. The Labute approximate surface area is 192 Å². The minimum absolute atomic E-state index is 0.0933. The van der Waals surface area contributed by atoms with Gasteiger partial charge in [0.2, 0.25) is 0 Å². The molecule has 3 aliphatic rings. The van der Waals surface area contributed by atoms with E-state index < -0.39 is 0 Å². The number of piperidine rings is 1. The van der Waals surface area contributed by atoms with E-state index in [-0.39, 0.29) is 12.0 Å². The van der Waals surface area contributed by atoms with Gasteiger partial charge in [-0.2, -0.15) is 0 Å². The highest BCUT2D eigenvalue weighted by molar-refractivity contribution is 5.97. The maximum atomic E-state index is 13.0. The van der Waals surface area contributed by atoms with Gasteiger partial charge in [-0.3, -0.25) is 9.69 Å². The molecule has 2 heterocycles. The quantitative estimate of drug-likeness (QED) is 0.590. The molecule has 1 aliphatic carbocycles. The van der Waals surface area contributed by atoms with Gasteiger partial charge in [0, 0.05) is 38.8 Å². The van der Waals surface area contributed by atoms with E-state index in [1.807, 2.05) is 12.1 Å². The van der Waals surface area contributed by atoms with Crippen molar-refractivity contribution in [2.45, 2.75) is 57.1 Å². The van der Waals surface area contributed by atoms with Crippen molar-refractivity contribution in [3.8, 4) is 11.5 Å². The Morgan fingerprint density at radius 3 is 2.56 bits per heavy atom. The van der Waals surface area contributed by atoms with E-state index in [9.17, 15) is 4.79 Å². The van der Waals surface area contributed by atoms with Crippen LogP contribution in [0.2, 0.25) is 0 Å². The molecular formula is C25H39N3O4. The van der Waals surface area contributed by atoms with Crippen LogP contribution >= 0.6 is 0 Å². The largest absolute Gasteiger partial charge is 0.497 e. The topological polar surface area (TPSA) is 63.3 Å². The lowest BCUT2D eigenvalue weighted by Gasteiger charge is -2.36. The molecule has 3 fully saturated rings. The third kappa shape index (κ3) is 6.36. The number of ether oxygens (including phenoxy) is 3. The minimum Gasteiger partial charge on any atom is -0.497 e. The monoisotopic (exact) mass is 445 g/mol. The van der Waals surface area contributed by atoms with Gasteiger partial charge in [0.1, 0.15) is 17.6 Å². The molecule has 0 atom stereocenters. The number of hydrogen-bond donors (Lipinski definition) is 1. The van der Waals surface area contributed by atoms with Gasteiger partial charge in [0.25, 0.3) is 5.91 Å². The zero-order valence-electron chi connectivity index (χ0n) is 19.5. The molecule has 0 radical (unpaired) electrons. The van der Waals surface area contributed by atoms with Gasteiger partial charge < -0.3 is 24.4 Å². The number of nitrogens with one attached hydrogen (secondary N) is 1. The second-order valence-electron chi connectivity index (χ2n) is 9.22. The molecule has 1 amide bonds. The number of morpholine rings is 1. The standard InChI is InChI=1S/C25H39N3O4/c1-30-22-7-8-24(32-21-9-13-28(14-10-21)20-5-2-3-6-20)23(19-22)25(29)26-11-4-12-27-15-17-31-18-16-27/h7-8,19-21H,2-6,9-18H2,1H3,(H,26,29). The summed E-state index contributed by atoms with van der Waals surface area (Å²) in [7, 11) is 1.62. The average molecular weight is 446 g/mol. The predicted molar refractivity (Wildman–Crippen MR) is 125 cm³/mol. The van der Waals surface area contributed by atoms with Crippen LogP contribution in [0.1, 0.15) is 55.3 Å². The van der Waals surface area contributed by atoms with Crippen molar-refractivity contribution in [2.75, 3.05) is 59.6 Å². The van der Waals surface area contributed by atoms with Gasteiger partial charge >= 0.3 is 0 Å². The summed E-state index contributed by atoms with van der Waals surface area (Å²) in [4.78, 5) is 18.0. The van der Waals surface area contributed by atoms with Crippen LogP contribution in [-0.4, -0.2) is 87.4 Å². The Kier molecular flexibility index (Phi) is 8.65. The number of carbonyl (C=O) groups is 1. The molecule has 0 unspecified atom stereocenters. The van der Waals surface area contributed by atoms with Gasteiger partial charge in [0.15, 0.2) is 0 Å². The molecule has 1 aromatic rings. The normalized spacial score (nSPS) is 21.5. The first-order valence-electron chi connectivity index (χ1n) is 12.4. The predicted octanol–water partition coefficient (Wildman–Crippen LogP) is 2.93.